The molecular weight excluding hydrogens is 526 g/mol. The van der Waals surface area contributed by atoms with Crippen LogP contribution in [0.5, 0.6) is 0 Å². The van der Waals surface area contributed by atoms with Crippen LogP contribution in [0.2, 0.25) is 0 Å². The molecule has 17 heteroatoms. The summed E-state index contributed by atoms with van der Waals surface area (Å²) in [5.41, 5.74) is 5.17. The normalized spacial score (nSPS) is 10.7. The van der Waals surface area contributed by atoms with Gasteiger partial charge < -0.3 is 21.1 Å². The van der Waals surface area contributed by atoms with Crippen LogP contribution in [0.1, 0.15) is 16.8 Å². The van der Waals surface area contributed by atoms with Crippen molar-refractivity contribution in [2.75, 3.05) is 0 Å². The molecule has 34 heavy (non-hydrogen) atoms. The molecule has 0 aliphatic carbocycles. The average Bonchev–Trinajstić information content (AvgIpc) is 2.68. The van der Waals surface area contributed by atoms with Crippen molar-refractivity contribution in [3.05, 3.63) is 66.2 Å². The highest BCUT2D eigenvalue weighted by molar-refractivity contribution is 7.85. The number of carboxylic acids is 3. The molecule has 8 N–H and O–H groups in total. The standard InChI is InChI=1S/C7H6O2.C6H6O3S.C4H7NO4.ClH.H2O4S/c8-7(9)6-4-2-1-3-5-6;7-10(8,9)6-4-2-1-3-5-6;5-2(4(8)9)1-3(6)7;;1-5(2,3)4/h1-5H,(H,8,9);1-5H,(H,7,8,9);2H,1,5H2,(H,6,7)(H,8,9);1H;(H2,1,2,3,4)/t;;2-;;/m..0../s1. The highest BCUT2D eigenvalue weighted by Gasteiger charge is 2.14. The number of carbonyl (C=O) groups is 3. The van der Waals surface area contributed by atoms with Crippen molar-refractivity contribution in [2.45, 2.75) is 17.4 Å². The van der Waals surface area contributed by atoms with Crippen LogP contribution >= 0.6 is 12.4 Å². The van der Waals surface area contributed by atoms with Gasteiger partial charge in [0.2, 0.25) is 0 Å². The minimum Gasteiger partial charge on any atom is -0.481 e. The van der Waals surface area contributed by atoms with E-state index in [9.17, 15) is 22.8 Å². The number of hydrogen-bond donors (Lipinski definition) is 7. The number of nitrogens with two attached hydrogens (primary N) is 1. The van der Waals surface area contributed by atoms with E-state index >= 15 is 0 Å². The third kappa shape index (κ3) is 23.5. The maximum absolute atomic E-state index is 10.4. The van der Waals surface area contributed by atoms with Gasteiger partial charge >= 0.3 is 28.3 Å². The van der Waals surface area contributed by atoms with Crippen molar-refractivity contribution in [3.63, 3.8) is 0 Å². The first-order chi connectivity index (χ1) is 14.9. The summed E-state index contributed by atoms with van der Waals surface area (Å²) in [6.07, 6.45) is -0.532. The second-order valence-electron chi connectivity index (χ2n) is 5.45. The maximum atomic E-state index is 10.4. The predicted molar refractivity (Wildman–Crippen MR) is 119 cm³/mol. The molecule has 0 amide bonds. The zero-order valence-electron chi connectivity index (χ0n) is 16.9. The molecule has 192 valence electrons. The Labute approximate surface area is 200 Å². The third-order valence-electron chi connectivity index (χ3n) is 2.77. The lowest BCUT2D eigenvalue weighted by Crippen LogP contribution is -2.32. The Balaban J connectivity index is -0.000000383. The Bertz CT molecular complexity index is 1080. The van der Waals surface area contributed by atoms with E-state index in [2.05, 4.69) is 0 Å². The highest BCUT2D eigenvalue weighted by Crippen LogP contribution is 2.05. The Hall–Kier alpha value is -3.12. The summed E-state index contributed by atoms with van der Waals surface area (Å²) in [6, 6.07) is 14.4. The first kappa shape index (κ1) is 35.5. The second kappa shape index (κ2) is 17.4. The number of benzene rings is 2. The monoisotopic (exact) mass is 547 g/mol. The van der Waals surface area contributed by atoms with Crippen LogP contribution < -0.4 is 5.73 Å². The van der Waals surface area contributed by atoms with Gasteiger partial charge in [-0.2, -0.15) is 16.8 Å². The lowest BCUT2D eigenvalue weighted by atomic mass is 10.2. The van der Waals surface area contributed by atoms with Gasteiger partial charge in [0.15, 0.2) is 0 Å². The number of halogens is 1. The van der Waals surface area contributed by atoms with Crippen molar-refractivity contribution in [3.8, 4) is 0 Å². The van der Waals surface area contributed by atoms with Gasteiger partial charge in [-0.3, -0.25) is 23.2 Å². The van der Waals surface area contributed by atoms with Crippen LogP contribution in [0, 0.1) is 0 Å². The van der Waals surface area contributed by atoms with Crippen molar-refractivity contribution in [1.29, 1.82) is 0 Å². The van der Waals surface area contributed by atoms with E-state index in [1.165, 1.54) is 12.1 Å². The summed E-state index contributed by atoms with van der Waals surface area (Å²) in [4.78, 5) is 29.7. The summed E-state index contributed by atoms with van der Waals surface area (Å²) in [5.74, 6) is -3.38. The number of aromatic carboxylic acids is 1. The van der Waals surface area contributed by atoms with Crippen LogP contribution in [0.4, 0.5) is 0 Å². The first-order valence-electron chi connectivity index (χ1n) is 8.16. The Morgan fingerprint density at radius 2 is 1.12 bits per heavy atom. The van der Waals surface area contributed by atoms with Crippen LogP contribution in [0.3, 0.4) is 0 Å². The van der Waals surface area contributed by atoms with E-state index in [0.29, 0.717) is 5.56 Å². The summed E-state index contributed by atoms with van der Waals surface area (Å²) in [7, 11) is -8.67. The molecule has 14 nitrogen and oxygen atoms in total. The van der Waals surface area contributed by atoms with Gasteiger partial charge in [0, 0.05) is 0 Å². The van der Waals surface area contributed by atoms with Gasteiger partial charge in [-0.25, -0.2) is 4.79 Å². The van der Waals surface area contributed by atoms with E-state index in [1.54, 1.807) is 48.5 Å². The van der Waals surface area contributed by atoms with Crippen molar-refractivity contribution >= 4 is 50.8 Å². The Morgan fingerprint density at radius 1 is 0.765 bits per heavy atom. The van der Waals surface area contributed by atoms with Gasteiger partial charge in [-0.15, -0.1) is 12.4 Å². The zero-order chi connectivity index (χ0) is 26.2. The molecule has 0 saturated carbocycles. The van der Waals surface area contributed by atoms with Crippen LogP contribution in [0.15, 0.2) is 65.6 Å². The summed E-state index contributed by atoms with van der Waals surface area (Å²) in [5, 5.41) is 24.4. The minimum absolute atomic E-state index is 0. The lowest BCUT2D eigenvalue weighted by molar-refractivity contribution is -0.144. The fourth-order valence-corrected chi connectivity index (χ4v) is 1.95. The fourth-order valence-electron chi connectivity index (χ4n) is 1.45. The molecule has 0 aliphatic heterocycles. The van der Waals surface area contributed by atoms with E-state index in [4.69, 9.17) is 43.1 Å². The Kier molecular flexibility index (Phi) is 18.1. The molecule has 0 unspecified atom stereocenters. The molecule has 0 saturated heterocycles. The number of rotatable bonds is 5. The predicted octanol–water partition coefficient (Wildman–Crippen LogP) is 0.960. The molecule has 0 aliphatic rings. The SMILES string of the molecule is Cl.N[C@@H](CC(=O)O)C(=O)O.O=C(O)c1ccccc1.O=S(=O)(O)O.O=S(=O)(O)c1ccccc1. The topological polar surface area (TPSA) is 267 Å². The molecule has 0 heterocycles. The molecular formula is C17H22ClNO13S2. The van der Waals surface area contributed by atoms with Crippen molar-refractivity contribution in [2.24, 2.45) is 5.73 Å². The maximum Gasteiger partial charge on any atom is 0.394 e. The molecule has 2 aromatic carbocycles. The third-order valence-corrected chi connectivity index (χ3v) is 3.64. The molecule has 0 aromatic heterocycles. The molecule has 0 fully saturated rings. The number of aliphatic carboxylic acids is 2. The van der Waals surface area contributed by atoms with E-state index in [-0.39, 0.29) is 17.3 Å². The van der Waals surface area contributed by atoms with Crippen molar-refractivity contribution in [1.82, 2.24) is 0 Å². The lowest BCUT2D eigenvalue weighted by Gasteiger charge is -1.99. The molecule has 1 atom stereocenters. The summed E-state index contributed by atoms with van der Waals surface area (Å²) >= 11 is 0. The summed E-state index contributed by atoms with van der Waals surface area (Å²) < 4.78 is 60.8. The second-order valence-corrected chi connectivity index (χ2v) is 7.77. The molecule has 2 rings (SSSR count). The van der Waals surface area contributed by atoms with Gasteiger partial charge in [0.05, 0.1) is 16.9 Å². The molecule has 2 aromatic rings. The van der Waals surface area contributed by atoms with E-state index < -0.39 is 50.9 Å². The van der Waals surface area contributed by atoms with Gasteiger partial charge in [-0.1, -0.05) is 36.4 Å². The van der Waals surface area contributed by atoms with E-state index in [1.807, 2.05) is 0 Å². The molecule has 0 radical (unpaired) electrons. The minimum atomic E-state index is -4.67. The number of hydrogen-bond acceptors (Lipinski definition) is 8. The van der Waals surface area contributed by atoms with Gasteiger partial charge in [0.1, 0.15) is 6.04 Å². The van der Waals surface area contributed by atoms with Gasteiger partial charge in [0.25, 0.3) is 10.1 Å². The number of carboxylic acid groups (broad SMARTS) is 3. The van der Waals surface area contributed by atoms with Gasteiger partial charge in [-0.05, 0) is 24.3 Å². The van der Waals surface area contributed by atoms with Crippen LogP contribution in [-0.4, -0.2) is 69.8 Å². The van der Waals surface area contributed by atoms with Crippen molar-refractivity contribution < 1.29 is 60.2 Å². The first-order valence-corrected chi connectivity index (χ1v) is 11.0. The fraction of sp³-hybridized carbons (Fsp3) is 0.118. The quantitative estimate of drug-likeness (QED) is 0.257. The highest BCUT2D eigenvalue weighted by atomic mass is 35.5. The molecule has 0 bridgehead atoms. The average molecular weight is 548 g/mol. The zero-order valence-corrected chi connectivity index (χ0v) is 19.4. The van der Waals surface area contributed by atoms with Crippen LogP contribution in [-0.2, 0) is 30.1 Å². The van der Waals surface area contributed by atoms with E-state index in [0.717, 1.165) is 0 Å². The summed E-state index contributed by atoms with van der Waals surface area (Å²) in [6.45, 7) is 0. The Morgan fingerprint density at radius 3 is 1.29 bits per heavy atom. The molecule has 0 spiro atoms. The largest absolute Gasteiger partial charge is 0.481 e. The van der Waals surface area contributed by atoms with Crippen LogP contribution in [0.25, 0.3) is 0 Å². The smallest absolute Gasteiger partial charge is 0.394 e.